The second-order valence-electron chi connectivity index (χ2n) is 3.43. The second kappa shape index (κ2) is 3.23. The molecule has 1 heterocycles. The summed E-state index contributed by atoms with van der Waals surface area (Å²) in [6.07, 6.45) is 5.86. The van der Waals surface area contributed by atoms with E-state index in [2.05, 4.69) is 4.98 Å². The number of imidazole rings is 1. The fourth-order valence-electron chi connectivity index (χ4n) is 1.24. The van der Waals surface area contributed by atoms with Gasteiger partial charge in [0, 0.05) is 32.4 Å². The first-order valence-corrected chi connectivity index (χ1v) is 5.39. The Hall–Kier alpha value is -0.680. The van der Waals surface area contributed by atoms with E-state index in [0.29, 0.717) is 5.92 Å². The molecule has 1 aliphatic rings. The van der Waals surface area contributed by atoms with Crippen molar-refractivity contribution in [3.8, 4) is 0 Å². The third-order valence-electron chi connectivity index (χ3n) is 2.06. The average Bonchev–Trinajstić information content (AvgIpc) is 2.83. The minimum absolute atomic E-state index is 0.541. The molecule has 0 bridgehead atoms. The normalized spacial score (nSPS) is 19.3. The SMILES string of the molecule is CN(C)S(=O)n1ccnc1C1CC1. The fraction of sp³-hybridized carbons (Fsp3) is 0.625. The number of nitrogens with zero attached hydrogens (tertiary/aromatic N) is 3. The molecule has 13 heavy (non-hydrogen) atoms. The van der Waals surface area contributed by atoms with E-state index in [-0.39, 0.29) is 0 Å². The van der Waals surface area contributed by atoms with Crippen LogP contribution in [-0.2, 0) is 11.2 Å². The molecule has 5 heteroatoms. The summed E-state index contributed by atoms with van der Waals surface area (Å²) in [5.41, 5.74) is 0. The highest BCUT2D eigenvalue weighted by atomic mass is 32.2. The number of hydrogen-bond donors (Lipinski definition) is 0. The van der Waals surface area contributed by atoms with E-state index in [1.165, 1.54) is 12.8 Å². The molecular weight excluding hydrogens is 186 g/mol. The summed E-state index contributed by atoms with van der Waals surface area (Å²) in [5.74, 6) is 1.51. The topological polar surface area (TPSA) is 38.1 Å². The van der Waals surface area contributed by atoms with Gasteiger partial charge in [0.05, 0.1) is 0 Å². The molecule has 0 amide bonds. The lowest BCUT2D eigenvalue weighted by Gasteiger charge is -2.11. The van der Waals surface area contributed by atoms with Crippen molar-refractivity contribution >= 4 is 11.2 Å². The van der Waals surface area contributed by atoms with Crippen molar-refractivity contribution in [2.75, 3.05) is 14.1 Å². The molecular formula is C8H13N3OS. The maximum atomic E-state index is 11.7. The molecule has 1 saturated carbocycles. The monoisotopic (exact) mass is 199 g/mol. The average molecular weight is 199 g/mol. The highest BCUT2D eigenvalue weighted by Gasteiger charge is 2.29. The summed E-state index contributed by atoms with van der Waals surface area (Å²) in [6.45, 7) is 0. The van der Waals surface area contributed by atoms with Gasteiger partial charge in [0.25, 0.3) is 0 Å². The lowest BCUT2D eigenvalue weighted by atomic mass is 10.4. The van der Waals surface area contributed by atoms with Crippen LogP contribution < -0.4 is 0 Å². The van der Waals surface area contributed by atoms with E-state index in [4.69, 9.17) is 0 Å². The van der Waals surface area contributed by atoms with Crippen LogP contribution in [0, 0.1) is 0 Å². The highest BCUT2D eigenvalue weighted by Crippen LogP contribution is 2.39. The zero-order valence-corrected chi connectivity index (χ0v) is 8.62. The van der Waals surface area contributed by atoms with Gasteiger partial charge in [-0.2, -0.15) is 0 Å². The van der Waals surface area contributed by atoms with E-state index in [0.717, 1.165) is 5.82 Å². The van der Waals surface area contributed by atoms with Crippen LogP contribution in [0.5, 0.6) is 0 Å². The van der Waals surface area contributed by atoms with Gasteiger partial charge in [-0.1, -0.05) is 0 Å². The Bertz CT molecular complexity index is 330. The molecule has 0 aliphatic heterocycles. The van der Waals surface area contributed by atoms with E-state index in [1.807, 2.05) is 0 Å². The van der Waals surface area contributed by atoms with Gasteiger partial charge in [-0.3, -0.25) is 0 Å². The van der Waals surface area contributed by atoms with Crippen molar-refractivity contribution in [3.63, 3.8) is 0 Å². The molecule has 1 aliphatic carbocycles. The van der Waals surface area contributed by atoms with Crippen molar-refractivity contribution in [1.29, 1.82) is 0 Å². The first kappa shape index (κ1) is 8.90. The summed E-state index contributed by atoms with van der Waals surface area (Å²) >= 11 is -1.11. The van der Waals surface area contributed by atoms with Crippen molar-refractivity contribution in [1.82, 2.24) is 13.3 Å². The van der Waals surface area contributed by atoms with E-state index < -0.39 is 11.2 Å². The fourth-order valence-corrected chi connectivity index (χ4v) is 2.11. The van der Waals surface area contributed by atoms with Gasteiger partial charge >= 0.3 is 0 Å². The Kier molecular flexibility index (Phi) is 2.21. The Morgan fingerprint density at radius 1 is 1.62 bits per heavy atom. The van der Waals surface area contributed by atoms with Crippen molar-refractivity contribution < 1.29 is 4.21 Å². The van der Waals surface area contributed by atoms with Crippen LogP contribution in [0.4, 0.5) is 0 Å². The molecule has 0 saturated heterocycles. The maximum absolute atomic E-state index is 11.7. The molecule has 0 spiro atoms. The standard InChI is InChI=1S/C8H13N3OS/c1-10(2)13(12)11-6-5-9-8(11)7-3-4-7/h5-7H,3-4H2,1-2H3. The largest absolute Gasteiger partial charge is 0.240 e. The molecule has 4 nitrogen and oxygen atoms in total. The van der Waals surface area contributed by atoms with E-state index >= 15 is 0 Å². The quantitative estimate of drug-likeness (QED) is 0.720. The summed E-state index contributed by atoms with van der Waals surface area (Å²) in [4.78, 5) is 4.22. The molecule has 1 fully saturated rings. The molecule has 1 aromatic rings. The lowest BCUT2D eigenvalue weighted by molar-refractivity contribution is 0.591. The number of rotatable bonds is 3. The van der Waals surface area contributed by atoms with E-state index in [9.17, 15) is 4.21 Å². The molecule has 0 radical (unpaired) electrons. The molecule has 1 aromatic heterocycles. The van der Waals surface area contributed by atoms with Crippen LogP contribution in [0.2, 0.25) is 0 Å². The third-order valence-corrected chi connectivity index (χ3v) is 3.33. The lowest BCUT2D eigenvalue weighted by Crippen LogP contribution is -2.22. The van der Waals surface area contributed by atoms with Gasteiger partial charge in [0.2, 0.25) is 11.2 Å². The van der Waals surface area contributed by atoms with Gasteiger partial charge in [-0.25, -0.2) is 17.5 Å². The van der Waals surface area contributed by atoms with Crippen LogP contribution >= 0.6 is 0 Å². The first-order chi connectivity index (χ1) is 6.20. The van der Waals surface area contributed by atoms with Gasteiger partial charge in [-0.05, 0) is 12.8 Å². The van der Waals surface area contributed by atoms with Gasteiger partial charge in [-0.15, -0.1) is 0 Å². The second-order valence-corrected chi connectivity index (χ2v) is 5.01. The smallest absolute Gasteiger partial charge is 0.203 e. The minimum atomic E-state index is -1.11. The summed E-state index contributed by atoms with van der Waals surface area (Å²) in [7, 11) is 3.60. The maximum Gasteiger partial charge on any atom is 0.203 e. The molecule has 2 rings (SSSR count). The minimum Gasteiger partial charge on any atom is -0.240 e. The highest BCUT2D eigenvalue weighted by molar-refractivity contribution is 7.81. The van der Waals surface area contributed by atoms with Gasteiger partial charge in [0.15, 0.2) is 0 Å². The van der Waals surface area contributed by atoms with Crippen LogP contribution in [0.25, 0.3) is 0 Å². The van der Waals surface area contributed by atoms with Crippen LogP contribution in [0.3, 0.4) is 0 Å². The number of hydrogen-bond acceptors (Lipinski definition) is 2. The first-order valence-electron chi connectivity index (χ1n) is 4.33. The Morgan fingerprint density at radius 2 is 2.31 bits per heavy atom. The number of aromatic nitrogens is 2. The van der Waals surface area contributed by atoms with Gasteiger partial charge in [0.1, 0.15) is 5.82 Å². The predicted molar refractivity (Wildman–Crippen MR) is 51.4 cm³/mol. The predicted octanol–water partition coefficient (Wildman–Crippen LogP) is 0.749. The van der Waals surface area contributed by atoms with Crippen LogP contribution in [0.15, 0.2) is 12.4 Å². The van der Waals surface area contributed by atoms with Crippen molar-refractivity contribution in [3.05, 3.63) is 18.2 Å². The van der Waals surface area contributed by atoms with E-state index in [1.54, 1.807) is 34.8 Å². The summed E-state index contributed by atoms with van der Waals surface area (Å²) in [5, 5.41) is 0. The molecule has 1 atom stereocenters. The molecule has 0 N–H and O–H groups in total. The zero-order chi connectivity index (χ0) is 9.42. The summed E-state index contributed by atoms with van der Waals surface area (Å²) < 4.78 is 15.1. The Labute approximate surface area is 80.3 Å². The molecule has 72 valence electrons. The molecule has 1 unspecified atom stereocenters. The Morgan fingerprint density at radius 3 is 2.85 bits per heavy atom. The van der Waals surface area contributed by atoms with Crippen molar-refractivity contribution in [2.24, 2.45) is 0 Å². The van der Waals surface area contributed by atoms with Gasteiger partial charge < -0.3 is 0 Å². The molecule has 0 aromatic carbocycles. The van der Waals surface area contributed by atoms with Crippen molar-refractivity contribution in [2.45, 2.75) is 18.8 Å². The summed E-state index contributed by atoms with van der Waals surface area (Å²) in [6, 6.07) is 0. The van der Waals surface area contributed by atoms with Crippen LogP contribution in [-0.4, -0.2) is 31.6 Å². The zero-order valence-electron chi connectivity index (χ0n) is 7.80. The third kappa shape index (κ3) is 1.66. The van der Waals surface area contributed by atoms with Crippen LogP contribution in [0.1, 0.15) is 24.6 Å². The Balaban J connectivity index is 2.28.